The van der Waals surface area contributed by atoms with E-state index in [-0.39, 0.29) is 17.0 Å². The first kappa shape index (κ1) is 19.9. The Labute approximate surface area is 135 Å². The van der Waals surface area contributed by atoms with E-state index in [0.717, 1.165) is 18.2 Å². The average Bonchev–Trinajstić information content (AvgIpc) is 2.57. The minimum atomic E-state index is -1.57. The molecule has 1 aromatic rings. The van der Waals surface area contributed by atoms with Crippen molar-refractivity contribution >= 4 is 12.0 Å². The zero-order valence-corrected chi connectivity index (χ0v) is 12.2. The lowest BCUT2D eigenvalue weighted by atomic mass is 10.00. The highest BCUT2D eigenvalue weighted by Gasteiger charge is 2.42. The Morgan fingerprint density at radius 3 is 2.29 bits per heavy atom. The molecule has 24 heavy (non-hydrogen) atoms. The average molecular weight is 347 g/mol. The second kappa shape index (κ2) is 8.63. The zero-order chi connectivity index (χ0) is 18.4. The third-order valence-electron chi connectivity index (χ3n) is 3.22. The number of rotatable bonds is 3. The molecular formula is C13H17NO10. The minimum Gasteiger partial charge on any atom is -0.507 e. The van der Waals surface area contributed by atoms with Gasteiger partial charge >= 0.3 is 0 Å². The van der Waals surface area contributed by atoms with E-state index in [9.17, 15) is 14.9 Å². The number of aliphatic hydroxyl groups excluding tert-OH is 5. The van der Waals surface area contributed by atoms with E-state index in [0.29, 0.717) is 6.29 Å². The number of carbonyl (C=O) groups excluding carboxylic acids is 1. The number of nitrogens with zero attached hydrogens (tertiary/aromatic N) is 1. The van der Waals surface area contributed by atoms with Crippen molar-refractivity contribution in [1.82, 2.24) is 0 Å². The summed E-state index contributed by atoms with van der Waals surface area (Å²) in [7, 11) is 0. The molecular weight excluding hydrogens is 330 g/mol. The van der Waals surface area contributed by atoms with Gasteiger partial charge in [-0.2, -0.15) is 0 Å². The van der Waals surface area contributed by atoms with Crippen LogP contribution >= 0.6 is 0 Å². The van der Waals surface area contributed by atoms with Crippen molar-refractivity contribution < 1.29 is 45.1 Å². The fourth-order valence-electron chi connectivity index (χ4n) is 1.83. The second-order valence-corrected chi connectivity index (χ2v) is 4.84. The number of aliphatic hydroxyl groups is 5. The number of non-ortho nitro benzene ring substituents is 1. The second-order valence-electron chi connectivity index (χ2n) is 4.84. The Bertz CT molecular complexity index is 575. The van der Waals surface area contributed by atoms with Crippen molar-refractivity contribution in [3.63, 3.8) is 0 Å². The number of phenols is 1. The fourth-order valence-corrected chi connectivity index (χ4v) is 1.83. The summed E-state index contributed by atoms with van der Waals surface area (Å²) in [4.78, 5) is 19.8. The lowest BCUT2D eigenvalue weighted by molar-refractivity contribution is -0.384. The summed E-state index contributed by atoms with van der Waals surface area (Å²) in [6.45, 7) is -0.526. The maximum absolute atomic E-state index is 10.2. The molecule has 6 N–H and O–H groups in total. The van der Waals surface area contributed by atoms with Crippen molar-refractivity contribution in [3.05, 3.63) is 33.9 Å². The van der Waals surface area contributed by atoms with Gasteiger partial charge in [0.25, 0.3) is 5.69 Å². The molecule has 0 amide bonds. The number of phenolic OH excluding ortho intramolecular Hbond substituents is 1. The van der Waals surface area contributed by atoms with Gasteiger partial charge in [-0.05, 0) is 6.07 Å². The van der Waals surface area contributed by atoms with E-state index in [4.69, 9.17) is 30.6 Å². The maximum atomic E-state index is 10.2. The molecule has 0 aromatic heterocycles. The van der Waals surface area contributed by atoms with E-state index in [1.807, 2.05) is 0 Å². The van der Waals surface area contributed by atoms with Gasteiger partial charge in [0.1, 0.15) is 30.2 Å². The molecule has 11 nitrogen and oxygen atoms in total. The van der Waals surface area contributed by atoms with E-state index >= 15 is 0 Å². The van der Waals surface area contributed by atoms with Crippen molar-refractivity contribution in [3.8, 4) is 5.75 Å². The number of ether oxygens (including phenoxy) is 1. The van der Waals surface area contributed by atoms with Gasteiger partial charge in [-0.1, -0.05) is 0 Å². The Morgan fingerprint density at radius 2 is 1.79 bits per heavy atom. The smallest absolute Gasteiger partial charge is 0.270 e. The third-order valence-corrected chi connectivity index (χ3v) is 3.22. The number of nitro benzene ring substituents is 1. The molecule has 0 saturated carbocycles. The molecule has 11 heteroatoms. The predicted molar refractivity (Wildman–Crippen MR) is 76.1 cm³/mol. The van der Waals surface area contributed by atoms with Crippen LogP contribution in [0.3, 0.4) is 0 Å². The number of hydrogen-bond donors (Lipinski definition) is 6. The highest BCUT2D eigenvalue weighted by Crippen LogP contribution is 2.21. The van der Waals surface area contributed by atoms with Gasteiger partial charge in [0, 0.05) is 12.1 Å². The summed E-state index contributed by atoms with van der Waals surface area (Å²) < 4.78 is 4.58. The Balaban J connectivity index is 0.000000240. The SMILES string of the molecule is O=Cc1cc([N+](=O)[O-])ccc1O.OC[C@H]1OC(O)[C@H](O)[C@@H](O)[C@H]1O. The van der Waals surface area contributed by atoms with Crippen LogP contribution in [-0.4, -0.2) is 79.2 Å². The molecule has 1 fully saturated rings. The third kappa shape index (κ3) is 4.67. The summed E-state index contributed by atoms with van der Waals surface area (Å²) in [6.07, 6.45) is -6.68. The van der Waals surface area contributed by atoms with Crippen LogP contribution in [0.1, 0.15) is 10.4 Å². The fraction of sp³-hybridized carbons (Fsp3) is 0.462. The van der Waals surface area contributed by atoms with Gasteiger partial charge in [0.05, 0.1) is 17.1 Å². The van der Waals surface area contributed by atoms with Crippen molar-refractivity contribution in [2.75, 3.05) is 6.61 Å². The topological polar surface area (TPSA) is 191 Å². The largest absolute Gasteiger partial charge is 0.507 e. The van der Waals surface area contributed by atoms with Crippen LogP contribution in [-0.2, 0) is 4.74 Å². The minimum absolute atomic E-state index is 0.0794. The Hall–Kier alpha value is -2.15. The molecule has 0 spiro atoms. The monoisotopic (exact) mass is 347 g/mol. The Morgan fingerprint density at radius 1 is 1.17 bits per heavy atom. The van der Waals surface area contributed by atoms with Gasteiger partial charge in [-0.15, -0.1) is 0 Å². The van der Waals surface area contributed by atoms with Crippen LogP contribution in [0.5, 0.6) is 5.75 Å². The van der Waals surface area contributed by atoms with Gasteiger partial charge in [0.15, 0.2) is 12.6 Å². The van der Waals surface area contributed by atoms with E-state index in [1.165, 1.54) is 0 Å². The molecule has 134 valence electrons. The highest BCUT2D eigenvalue weighted by atomic mass is 16.6. The number of aromatic hydroxyl groups is 1. The van der Waals surface area contributed by atoms with E-state index in [1.54, 1.807) is 0 Å². The summed E-state index contributed by atoms with van der Waals surface area (Å²) in [5, 5.41) is 63.8. The first-order valence-electron chi connectivity index (χ1n) is 6.64. The van der Waals surface area contributed by atoms with Gasteiger partial charge in [0.2, 0.25) is 0 Å². The van der Waals surface area contributed by atoms with Crippen molar-refractivity contribution in [2.24, 2.45) is 0 Å². The first-order valence-corrected chi connectivity index (χ1v) is 6.64. The molecule has 1 saturated heterocycles. The number of carbonyl (C=O) groups is 1. The van der Waals surface area contributed by atoms with Crippen LogP contribution in [0.25, 0.3) is 0 Å². The van der Waals surface area contributed by atoms with Crippen LogP contribution in [0, 0.1) is 10.1 Å². The van der Waals surface area contributed by atoms with Crippen LogP contribution in [0.4, 0.5) is 5.69 Å². The molecule has 1 aliphatic rings. The lowest BCUT2D eigenvalue weighted by Crippen LogP contribution is -2.58. The number of nitro groups is 1. The molecule has 1 unspecified atom stereocenters. The normalized spacial score (nSPS) is 29.3. The number of benzene rings is 1. The molecule has 1 heterocycles. The van der Waals surface area contributed by atoms with Gasteiger partial charge in [-0.3, -0.25) is 14.9 Å². The molecule has 0 aliphatic carbocycles. The van der Waals surface area contributed by atoms with E-state index < -0.39 is 42.2 Å². The molecule has 1 aliphatic heterocycles. The highest BCUT2D eigenvalue weighted by molar-refractivity contribution is 5.80. The summed E-state index contributed by atoms with van der Waals surface area (Å²) in [5.41, 5.74) is -0.292. The molecule has 1 aromatic carbocycles. The Kier molecular flexibility index (Phi) is 7.16. The quantitative estimate of drug-likeness (QED) is 0.200. The van der Waals surface area contributed by atoms with Crippen LogP contribution in [0.2, 0.25) is 0 Å². The molecule has 5 atom stereocenters. The van der Waals surface area contributed by atoms with Crippen LogP contribution in [0.15, 0.2) is 18.2 Å². The maximum Gasteiger partial charge on any atom is 0.270 e. The number of aldehydes is 1. The van der Waals surface area contributed by atoms with Gasteiger partial charge < -0.3 is 35.4 Å². The van der Waals surface area contributed by atoms with Crippen molar-refractivity contribution in [1.29, 1.82) is 0 Å². The van der Waals surface area contributed by atoms with Gasteiger partial charge in [-0.25, -0.2) is 0 Å². The lowest BCUT2D eigenvalue weighted by Gasteiger charge is -2.37. The van der Waals surface area contributed by atoms with Crippen LogP contribution < -0.4 is 0 Å². The summed E-state index contributed by atoms with van der Waals surface area (Å²) in [6, 6.07) is 3.26. The summed E-state index contributed by atoms with van der Waals surface area (Å²) in [5.74, 6) is -0.254. The standard InChI is InChI=1S/C7H5NO4.C6H12O6/c9-4-5-3-6(8(11)12)1-2-7(5)10;7-1-2-3(8)4(9)5(10)6(11)12-2/h1-4,10H;2-11H,1H2/t;2-,3+,4+,5-,6?/m.1/s1. The molecule has 0 radical (unpaired) electrons. The van der Waals surface area contributed by atoms with E-state index in [2.05, 4.69) is 4.74 Å². The number of hydrogen-bond acceptors (Lipinski definition) is 10. The predicted octanol–water partition coefficient (Wildman–Crippen LogP) is -2.11. The summed E-state index contributed by atoms with van der Waals surface area (Å²) >= 11 is 0. The molecule has 2 rings (SSSR count). The zero-order valence-electron chi connectivity index (χ0n) is 12.2. The molecule has 0 bridgehead atoms. The van der Waals surface area contributed by atoms with Crippen molar-refractivity contribution in [2.45, 2.75) is 30.7 Å². The first-order chi connectivity index (χ1) is 11.2.